The van der Waals surface area contributed by atoms with E-state index >= 15 is 0 Å². The fourth-order valence-corrected chi connectivity index (χ4v) is 2.49. The Morgan fingerprint density at radius 1 is 1.43 bits per heavy atom. The van der Waals surface area contributed by atoms with Crippen molar-refractivity contribution in [3.63, 3.8) is 0 Å². The van der Waals surface area contributed by atoms with E-state index in [9.17, 15) is 4.79 Å². The van der Waals surface area contributed by atoms with E-state index in [1.54, 1.807) is 10.6 Å². The van der Waals surface area contributed by atoms with Crippen molar-refractivity contribution in [2.45, 2.75) is 40.5 Å². The van der Waals surface area contributed by atoms with Gasteiger partial charge >= 0.3 is 132 Å². The maximum Gasteiger partial charge on any atom is 0 e. The molecule has 0 aliphatic carbocycles. The third-order valence-electron chi connectivity index (χ3n) is 3.12. The largest absolute Gasteiger partial charge is 0 e. The van der Waals surface area contributed by atoms with E-state index < -0.39 is 0 Å². The van der Waals surface area contributed by atoms with E-state index in [0.717, 1.165) is 30.1 Å². The molecule has 111 valence electrons. The topological polar surface area (TPSA) is 34.9 Å². The van der Waals surface area contributed by atoms with Crippen LogP contribution in [0.5, 0.6) is 0 Å². The van der Waals surface area contributed by atoms with Crippen molar-refractivity contribution in [1.29, 1.82) is 0 Å². The van der Waals surface area contributed by atoms with E-state index in [1.807, 2.05) is 18.2 Å². The van der Waals surface area contributed by atoms with E-state index in [0.29, 0.717) is 5.56 Å². The van der Waals surface area contributed by atoms with Crippen LogP contribution in [0.1, 0.15) is 37.4 Å². The van der Waals surface area contributed by atoms with E-state index in [2.05, 4.69) is 18.8 Å². The minimum atomic E-state index is -0.00754. The SMILES string of the molecule is [CH-]=C/C=C(\[CH]=[W])n1c(CC[C-](C)C)nc(C)c(C)c1=O.[Y]. The van der Waals surface area contributed by atoms with E-state index in [4.69, 9.17) is 6.58 Å². The van der Waals surface area contributed by atoms with Gasteiger partial charge in [-0.1, -0.05) is 0 Å². The minimum Gasteiger partial charge on any atom is 0 e. The molecule has 0 fully saturated rings. The average molecular weight is 529 g/mol. The summed E-state index contributed by atoms with van der Waals surface area (Å²) in [5, 5.41) is 0. The zero-order valence-electron chi connectivity index (χ0n) is 13.0. The summed E-state index contributed by atoms with van der Waals surface area (Å²) < 4.78 is 3.63. The summed E-state index contributed by atoms with van der Waals surface area (Å²) >= 11 is 1.27. The van der Waals surface area contributed by atoms with Gasteiger partial charge in [0.1, 0.15) is 0 Å². The van der Waals surface area contributed by atoms with Crippen LogP contribution < -0.4 is 5.56 Å². The summed E-state index contributed by atoms with van der Waals surface area (Å²) in [5.74, 6) is 2.12. The molecule has 0 spiro atoms. The first kappa shape index (κ1) is 21.0. The molecule has 0 aliphatic heterocycles. The van der Waals surface area contributed by atoms with E-state index in [-0.39, 0.29) is 38.3 Å². The second-order valence-corrected chi connectivity index (χ2v) is 5.83. The first-order valence-corrected chi connectivity index (χ1v) is 8.20. The molecule has 0 bridgehead atoms. The van der Waals surface area contributed by atoms with Gasteiger partial charge in [0.25, 0.3) is 0 Å². The number of nitrogens with zero attached hydrogens (tertiary/aromatic N) is 2. The third-order valence-corrected chi connectivity index (χ3v) is 3.98. The summed E-state index contributed by atoms with van der Waals surface area (Å²) in [6, 6.07) is 0. The predicted octanol–water partition coefficient (Wildman–Crippen LogP) is 2.58. The number of allylic oxidation sites excluding steroid dienone is 3. The van der Waals surface area contributed by atoms with Gasteiger partial charge in [-0.15, -0.1) is 0 Å². The molecule has 3 nitrogen and oxygen atoms in total. The van der Waals surface area contributed by atoms with Gasteiger partial charge < -0.3 is 0 Å². The molecule has 1 radical (unpaired) electrons. The van der Waals surface area contributed by atoms with Crippen LogP contribution in [-0.4, -0.2) is 14.0 Å². The Morgan fingerprint density at radius 2 is 2.05 bits per heavy atom. The molecule has 0 amide bonds. The van der Waals surface area contributed by atoms with Gasteiger partial charge in [-0.2, -0.15) is 0 Å². The average Bonchev–Trinajstić information content (AvgIpc) is 2.40. The van der Waals surface area contributed by atoms with E-state index in [1.165, 1.54) is 31.3 Å². The van der Waals surface area contributed by atoms with Crippen molar-refractivity contribution >= 4 is 10.1 Å². The Labute approximate surface area is 163 Å². The number of aromatic nitrogens is 2. The van der Waals surface area contributed by atoms with Crippen molar-refractivity contribution in [2.24, 2.45) is 0 Å². The van der Waals surface area contributed by atoms with Crippen LogP contribution in [0.2, 0.25) is 0 Å². The molecule has 1 aromatic heterocycles. The molecule has 5 heteroatoms. The molecule has 1 rings (SSSR count). The van der Waals surface area contributed by atoms with Gasteiger partial charge in [-0.3, -0.25) is 0 Å². The van der Waals surface area contributed by atoms with Crippen LogP contribution in [0.3, 0.4) is 0 Å². The Morgan fingerprint density at radius 3 is 2.52 bits per heavy atom. The van der Waals surface area contributed by atoms with Gasteiger partial charge in [0.15, 0.2) is 0 Å². The Balaban J connectivity index is 0.00000400. The molecule has 0 saturated heterocycles. The third kappa shape index (κ3) is 5.62. The van der Waals surface area contributed by atoms with Gasteiger partial charge in [0.05, 0.1) is 0 Å². The first-order valence-electron chi connectivity index (χ1n) is 6.51. The maximum absolute atomic E-state index is 12.5. The molecular weight excluding hydrogens is 509 g/mol. The van der Waals surface area contributed by atoms with Crippen LogP contribution >= 0.6 is 0 Å². The molecule has 1 aromatic rings. The maximum atomic E-state index is 12.5. The van der Waals surface area contributed by atoms with Crippen LogP contribution in [0, 0.1) is 26.3 Å². The summed E-state index contributed by atoms with van der Waals surface area (Å²) in [4.78, 5) is 17.1. The molecule has 0 N–H and O–H groups in total. The fourth-order valence-electron chi connectivity index (χ4n) is 1.83. The summed E-state index contributed by atoms with van der Waals surface area (Å²) in [6.45, 7) is 13.4. The second kappa shape index (κ2) is 9.92. The van der Waals surface area contributed by atoms with Crippen molar-refractivity contribution < 1.29 is 52.1 Å². The normalized spacial score (nSPS) is 11.2. The van der Waals surface area contributed by atoms with Crippen LogP contribution in [0.25, 0.3) is 5.70 Å². The molecule has 21 heavy (non-hydrogen) atoms. The smallest absolute Gasteiger partial charge is 0 e. The van der Waals surface area contributed by atoms with Gasteiger partial charge in [0.2, 0.25) is 0 Å². The van der Waals surface area contributed by atoms with Gasteiger partial charge in [-0.25, -0.2) is 0 Å². The molecule has 0 aromatic carbocycles. The second-order valence-electron chi connectivity index (χ2n) is 4.99. The Kier molecular flexibility index (Phi) is 9.93. The molecule has 0 saturated carbocycles. The molecule has 0 atom stereocenters. The van der Waals surface area contributed by atoms with Crippen LogP contribution in [0.15, 0.2) is 16.9 Å². The Bertz CT molecular complexity index is 603. The summed E-state index contributed by atoms with van der Waals surface area (Å²) in [6.07, 6.45) is 4.88. The summed E-state index contributed by atoms with van der Waals surface area (Å²) in [5.41, 5.74) is 2.28. The van der Waals surface area contributed by atoms with Crippen molar-refractivity contribution in [2.75, 3.05) is 0 Å². The number of hydrogen-bond donors (Lipinski definition) is 0. The van der Waals surface area contributed by atoms with Crippen molar-refractivity contribution in [3.8, 4) is 0 Å². The number of hydrogen-bond acceptors (Lipinski definition) is 2. The monoisotopic (exact) mass is 529 g/mol. The van der Waals surface area contributed by atoms with Gasteiger partial charge in [0, 0.05) is 32.7 Å². The Hall–Kier alpha value is 0.0222. The quantitative estimate of drug-likeness (QED) is 0.420. The molecule has 1 heterocycles. The standard InChI is InChI=1S/C16H20N2O.W.Y/c1-7-8-12(4)18-15(10-9-11(2)3)17-14(6)13(5)16(18)19;;/h1,4,7-8H,9-10H2,2-3,5-6H3;;/q-2;;/b12-8+;;. The number of rotatable bonds is 6. The molecule has 0 aliphatic rings. The van der Waals surface area contributed by atoms with Crippen molar-refractivity contribution in [3.05, 3.63) is 52.1 Å². The molecular formula is C16H20N2OWY-2. The van der Waals surface area contributed by atoms with Crippen LogP contribution in [-0.2, 0) is 58.5 Å². The zero-order chi connectivity index (χ0) is 15.3. The first-order chi connectivity index (χ1) is 9.42. The predicted molar refractivity (Wildman–Crippen MR) is 80.1 cm³/mol. The minimum absolute atomic E-state index is 0. The zero-order valence-corrected chi connectivity index (χ0v) is 18.8. The number of aryl methyl sites for hydroxylation is 2. The fraction of sp³-hybridized carbons (Fsp3) is 0.375. The summed E-state index contributed by atoms with van der Waals surface area (Å²) in [7, 11) is 0. The van der Waals surface area contributed by atoms with Crippen LogP contribution in [0.4, 0.5) is 0 Å². The van der Waals surface area contributed by atoms with Crippen molar-refractivity contribution in [1.82, 2.24) is 9.55 Å². The molecule has 0 unspecified atom stereocenters. The van der Waals surface area contributed by atoms with Gasteiger partial charge in [-0.05, 0) is 0 Å².